The second-order valence-electron chi connectivity index (χ2n) is 10.1. The number of epoxide rings is 2. The van der Waals surface area contributed by atoms with Crippen molar-refractivity contribution < 1.29 is 63.2 Å². The first-order valence-corrected chi connectivity index (χ1v) is 11.5. The van der Waals surface area contributed by atoms with Gasteiger partial charge < -0.3 is 34.2 Å². The predicted octanol–water partition coefficient (Wildman–Crippen LogP) is -2.38. The van der Waals surface area contributed by atoms with Crippen molar-refractivity contribution in [3.8, 4) is 0 Å². The number of carboxylic acid groups (broad SMARTS) is 1. The Morgan fingerprint density at radius 2 is 2.03 bits per heavy atom. The predicted molar refractivity (Wildman–Crippen MR) is 113 cm³/mol. The zero-order valence-corrected chi connectivity index (χ0v) is 22.4. The molecular formula is C23H35N2NaO7. The van der Waals surface area contributed by atoms with Gasteiger partial charge in [-0.25, -0.2) is 4.79 Å². The molecule has 3 heterocycles. The quantitative estimate of drug-likeness (QED) is 0.236. The standard InChI is InChI=1S/C23H36N2O7.Na/c1-14(2)5-6-17-22(3,32-17)20-19(29-4)16(7-9-23(20)13-30-23)31-21(28)24-15-8-10-25(11-15)12-18(26)27;/h5,15-17,19-20H,6-13H2,1-4H3,(H,24,28)(H,26,27);/q;+1/p-1/t15-,16-,17-,19-,20-,22+,23+;/m1./s1. The van der Waals surface area contributed by atoms with Crippen LogP contribution in [-0.2, 0) is 23.7 Å². The van der Waals surface area contributed by atoms with Crippen LogP contribution in [-0.4, -0.2) is 85.9 Å². The number of alkyl carbamates (subject to hydrolysis) is 1. The Labute approximate surface area is 217 Å². The fourth-order valence-corrected chi connectivity index (χ4v) is 5.69. The summed E-state index contributed by atoms with van der Waals surface area (Å²) in [6.45, 7) is 7.90. The average molecular weight is 475 g/mol. The molecule has 3 aliphatic heterocycles. The van der Waals surface area contributed by atoms with Gasteiger partial charge in [0.2, 0.25) is 0 Å². The topological polar surface area (TPSA) is 116 Å². The third-order valence-corrected chi connectivity index (χ3v) is 7.44. The first-order valence-electron chi connectivity index (χ1n) is 11.5. The Bertz CT molecular complexity index is 770. The zero-order chi connectivity index (χ0) is 23.1. The van der Waals surface area contributed by atoms with Gasteiger partial charge in [0.15, 0.2) is 0 Å². The number of rotatable bonds is 8. The molecule has 0 aromatic heterocycles. The van der Waals surface area contributed by atoms with E-state index in [1.165, 1.54) is 5.57 Å². The molecule has 33 heavy (non-hydrogen) atoms. The molecular weight excluding hydrogens is 439 g/mol. The summed E-state index contributed by atoms with van der Waals surface area (Å²) >= 11 is 0. The van der Waals surface area contributed by atoms with Crippen molar-refractivity contribution in [1.82, 2.24) is 10.2 Å². The molecule has 7 atom stereocenters. The number of carbonyl (C=O) groups excluding carboxylic acids is 2. The summed E-state index contributed by atoms with van der Waals surface area (Å²) < 4.78 is 23.9. The molecule has 0 radical (unpaired) electrons. The van der Waals surface area contributed by atoms with Crippen molar-refractivity contribution in [2.24, 2.45) is 5.92 Å². The summed E-state index contributed by atoms with van der Waals surface area (Å²) in [7, 11) is 1.65. The van der Waals surface area contributed by atoms with Crippen LogP contribution in [0.5, 0.6) is 0 Å². The molecule has 4 aliphatic rings. The molecule has 1 aliphatic carbocycles. The number of hydrogen-bond donors (Lipinski definition) is 1. The molecule has 180 valence electrons. The van der Waals surface area contributed by atoms with Gasteiger partial charge in [0, 0.05) is 32.8 Å². The van der Waals surface area contributed by atoms with Gasteiger partial charge in [-0.3, -0.25) is 4.90 Å². The van der Waals surface area contributed by atoms with E-state index in [1.54, 1.807) is 12.0 Å². The van der Waals surface area contributed by atoms with Gasteiger partial charge in [0.1, 0.15) is 23.4 Å². The third-order valence-electron chi connectivity index (χ3n) is 7.44. The van der Waals surface area contributed by atoms with Crippen LogP contribution in [0, 0.1) is 5.92 Å². The molecule has 0 aromatic rings. The Morgan fingerprint density at radius 1 is 1.30 bits per heavy atom. The summed E-state index contributed by atoms with van der Waals surface area (Å²) in [6.07, 6.45) is 4.06. The first kappa shape index (κ1) is 26.9. The Hall–Kier alpha value is -0.680. The minimum atomic E-state index is -1.11. The van der Waals surface area contributed by atoms with E-state index in [4.69, 9.17) is 18.9 Å². The van der Waals surface area contributed by atoms with Gasteiger partial charge in [-0.1, -0.05) is 11.6 Å². The van der Waals surface area contributed by atoms with Crippen LogP contribution < -0.4 is 40.0 Å². The van der Waals surface area contributed by atoms with Crippen LogP contribution in [0.1, 0.15) is 46.5 Å². The summed E-state index contributed by atoms with van der Waals surface area (Å²) in [5.41, 5.74) is 0.621. The van der Waals surface area contributed by atoms with Crippen LogP contribution in [0.4, 0.5) is 4.79 Å². The van der Waals surface area contributed by atoms with Gasteiger partial charge >= 0.3 is 35.7 Å². The maximum atomic E-state index is 12.6. The normalized spacial score (nSPS) is 39.5. The van der Waals surface area contributed by atoms with Crippen LogP contribution in [0.3, 0.4) is 0 Å². The molecule has 1 amide bonds. The van der Waals surface area contributed by atoms with E-state index in [9.17, 15) is 14.7 Å². The Kier molecular flexibility index (Phi) is 8.58. The number of likely N-dealkylation sites (tertiary alicyclic amines) is 1. The number of carbonyl (C=O) groups is 2. The van der Waals surface area contributed by atoms with Gasteiger partial charge in [0.25, 0.3) is 0 Å². The van der Waals surface area contributed by atoms with E-state index in [-0.39, 0.29) is 71.5 Å². The van der Waals surface area contributed by atoms with Crippen LogP contribution in [0.2, 0.25) is 0 Å². The summed E-state index contributed by atoms with van der Waals surface area (Å²) in [5.74, 6) is -1.13. The first-order chi connectivity index (χ1) is 15.2. The van der Waals surface area contributed by atoms with E-state index in [0.29, 0.717) is 32.5 Å². The van der Waals surface area contributed by atoms with Crippen molar-refractivity contribution in [2.45, 2.75) is 82.0 Å². The number of ether oxygens (including phenoxy) is 4. The monoisotopic (exact) mass is 474 g/mol. The van der Waals surface area contributed by atoms with Crippen molar-refractivity contribution >= 4 is 12.1 Å². The molecule has 1 spiro atoms. The Morgan fingerprint density at radius 3 is 2.64 bits per heavy atom. The third kappa shape index (κ3) is 5.94. The van der Waals surface area contributed by atoms with Gasteiger partial charge in [-0.05, 0) is 46.5 Å². The number of amides is 1. The van der Waals surface area contributed by atoms with E-state index in [0.717, 1.165) is 12.8 Å². The molecule has 4 rings (SSSR count). The van der Waals surface area contributed by atoms with Crippen molar-refractivity contribution in [3.05, 3.63) is 11.6 Å². The van der Waals surface area contributed by atoms with E-state index in [1.807, 2.05) is 0 Å². The second kappa shape index (κ2) is 10.5. The van der Waals surface area contributed by atoms with E-state index in [2.05, 4.69) is 32.2 Å². The Balaban J connectivity index is 0.00000306. The van der Waals surface area contributed by atoms with Gasteiger partial charge in [-0.2, -0.15) is 0 Å². The molecule has 0 aromatic carbocycles. The van der Waals surface area contributed by atoms with E-state index >= 15 is 0 Å². The maximum absolute atomic E-state index is 12.6. The van der Waals surface area contributed by atoms with E-state index < -0.39 is 18.2 Å². The molecule has 0 unspecified atom stereocenters. The fourth-order valence-electron chi connectivity index (χ4n) is 5.69. The summed E-state index contributed by atoms with van der Waals surface area (Å²) in [5, 5.41) is 13.7. The fraction of sp³-hybridized carbons (Fsp3) is 0.826. The number of methoxy groups -OCH3 is 1. The average Bonchev–Trinajstić information content (AvgIpc) is 3.58. The molecule has 0 bridgehead atoms. The summed E-state index contributed by atoms with van der Waals surface area (Å²) in [4.78, 5) is 25.2. The second-order valence-corrected chi connectivity index (χ2v) is 10.1. The minimum absolute atomic E-state index is 0. The SMILES string of the molecule is CO[C@@H]1[C@H](OC(=O)N[C@@H]2CCN(CC(=O)[O-])C2)CC[C@]2(CO2)[C@H]1[C@@]1(C)O[C@@H]1CC=C(C)C.[Na+]. The minimum Gasteiger partial charge on any atom is -0.549 e. The molecule has 1 saturated carbocycles. The number of nitrogens with zero attached hydrogens (tertiary/aromatic N) is 1. The number of allylic oxidation sites excluding steroid dienone is 1. The van der Waals surface area contributed by atoms with Crippen molar-refractivity contribution in [2.75, 3.05) is 33.4 Å². The molecule has 3 saturated heterocycles. The van der Waals surface area contributed by atoms with Crippen molar-refractivity contribution in [3.63, 3.8) is 0 Å². The number of carboxylic acids is 1. The zero-order valence-electron chi connectivity index (χ0n) is 20.4. The maximum Gasteiger partial charge on any atom is 1.00 e. The molecule has 1 N–H and O–H groups in total. The van der Waals surface area contributed by atoms with Gasteiger partial charge in [0.05, 0.1) is 24.6 Å². The number of aliphatic carboxylic acids is 1. The molecule has 4 fully saturated rings. The van der Waals surface area contributed by atoms with Crippen LogP contribution >= 0.6 is 0 Å². The number of hydrogen-bond acceptors (Lipinski definition) is 8. The van der Waals surface area contributed by atoms with Crippen LogP contribution in [0.25, 0.3) is 0 Å². The molecule has 9 nitrogen and oxygen atoms in total. The van der Waals surface area contributed by atoms with Crippen molar-refractivity contribution in [1.29, 1.82) is 0 Å². The van der Waals surface area contributed by atoms with Gasteiger partial charge in [-0.15, -0.1) is 0 Å². The summed E-state index contributed by atoms with van der Waals surface area (Å²) in [6, 6.07) is -0.141. The largest absolute Gasteiger partial charge is 1.00 e. The smallest absolute Gasteiger partial charge is 0.549 e. The molecule has 10 heteroatoms. The van der Waals surface area contributed by atoms with Crippen LogP contribution in [0.15, 0.2) is 11.6 Å². The number of nitrogens with one attached hydrogen (secondary N) is 1.